The van der Waals surface area contributed by atoms with Crippen LogP contribution in [0.3, 0.4) is 0 Å². The molecule has 0 radical (unpaired) electrons. The molecule has 33 heavy (non-hydrogen) atoms. The number of methoxy groups -OCH3 is 2. The molecule has 1 saturated heterocycles. The number of hydrogen-bond acceptors (Lipinski definition) is 7. The van der Waals surface area contributed by atoms with Crippen LogP contribution in [-0.4, -0.2) is 73.2 Å². The average Bonchev–Trinajstić information content (AvgIpc) is 2.87. The lowest BCUT2D eigenvalue weighted by Crippen LogP contribution is -2.51. The molecule has 0 amide bonds. The third-order valence-electron chi connectivity index (χ3n) is 5.50. The van der Waals surface area contributed by atoms with Crippen LogP contribution < -0.4 is 19.5 Å². The zero-order valence-electron chi connectivity index (χ0n) is 18.8. The normalized spacial score (nSPS) is 15.8. The van der Waals surface area contributed by atoms with E-state index in [0.717, 1.165) is 40.9 Å². The first-order valence-electron chi connectivity index (χ1n) is 10.9. The van der Waals surface area contributed by atoms with E-state index >= 15 is 0 Å². The van der Waals surface area contributed by atoms with Crippen molar-refractivity contribution in [3.8, 4) is 17.4 Å². The number of aromatic nitrogens is 2. The fourth-order valence-electron chi connectivity index (χ4n) is 3.76. The molecule has 8 nitrogen and oxygen atoms in total. The average molecular weight is 469 g/mol. The van der Waals surface area contributed by atoms with E-state index in [-0.39, 0.29) is 6.10 Å². The summed E-state index contributed by atoms with van der Waals surface area (Å²) in [4.78, 5) is 10.7. The number of rotatable bonds is 8. The Labute approximate surface area is 198 Å². The Morgan fingerprint density at radius 1 is 1.18 bits per heavy atom. The number of hydrogen-bond donors (Lipinski definition) is 1. The van der Waals surface area contributed by atoms with Crippen molar-refractivity contribution in [1.82, 2.24) is 20.2 Å². The van der Waals surface area contributed by atoms with Crippen LogP contribution >= 0.6 is 12.2 Å². The molecule has 1 unspecified atom stereocenters. The molecule has 0 spiro atoms. The predicted molar refractivity (Wildman–Crippen MR) is 130 cm³/mol. The third-order valence-corrected chi connectivity index (χ3v) is 5.90. The van der Waals surface area contributed by atoms with E-state index in [1.54, 1.807) is 14.2 Å². The summed E-state index contributed by atoms with van der Waals surface area (Å²) in [5.74, 6) is 2.21. The number of para-hydroxylation sites is 1. The highest BCUT2D eigenvalue weighted by atomic mass is 32.1. The monoisotopic (exact) mass is 468 g/mol. The first kappa shape index (κ1) is 23.0. The van der Waals surface area contributed by atoms with Gasteiger partial charge in [0, 0.05) is 19.6 Å². The summed E-state index contributed by atoms with van der Waals surface area (Å²) in [5, 5.41) is 4.95. The summed E-state index contributed by atoms with van der Waals surface area (Å²) in [7, 11) is 3.33. The van der Waals surface area contributed by atoms with E-state index < -0.39 is 0 Å². The van der Waals surface area contributed by atoms with Crippen LogP contribution in [0.25, 0.3) is 10.9 Å². The Balaban J connectivity index is 1.28. The standard InChI is InChI=1S/C24H28N4O4S/c1-29-18-7-8-22(30-2)17(13-18)9-10-25-24(33)28-11-12-31-19(14-28)15-32-23-20-5-3-4-6-21(20)26-16-27-23/h3-8,13,16,19H,9-12,14-15H2,1-2H3,(H,25,33). The van der Waals surface area contributed by atoms with Crippen molar-refractivity contribution in [1.29, 1.82) is 0 Å². The van der Waals surface area contributed by atoms with Gasteiger partial charge in [-0.25, -0.2) is 9.97 Å². The smallest absolute Gasteiger partial charge is 0.224 e. The second kappa shape index (κ2) is 11.1. The van der Waals surface area contributed by atoms with E-state index in [0.29, 0.717) is 37.3 Å². The second-order valence-electron chi connectivity index (χ2n) is 7.61. The Morgan fingerprint density at radius 2 is 2.06 bits per heavy atom. The molecular formula is C24H28N4O4S. The van der Waals surface area contributed by atoms with Crippen LogP contribution in [0.1, 0.15) is 5.56 Å². The maximum atomic E-state index is 5.98. The summed E-state index contributed by atoms with van der Waals surface area (Å²) in [6, 6.07) is 13.6. The van der Waals surface area contributed by atoms with Gasteiger partial charge in [0.15, 0.2) is 5.11 Å². The van der Waals surface area contributed by atoms with Gasteiger partial charge in [-0.05, 0) is 54.5 Å². The topological polar surface area (TPSA) is 78.0 Å². The summed E-state index contributed by atoms with van der Waals surface area (Å²) >= 11 is 5.63. The number of morpholine rings is 1. The van der Waals surface area contributed by atoms with Crippen molar-refractivity contribution < 1.29 is 18.9 Å². The lowest BCUT2D eigenvalue weighted by Gasteiger charge is -2.34. The molecule has 1 fully saturated rings. The Hall–Kier alpha value is -3.17. The molecule has 0 saturated carbocycles. The van der Waals surface area contributed by atoms with Gasteiger partial charge in [-0.1, -0.05) is 12.1 Å². The van der Waals surface area contributed by atoms with E-state index in [1.165, 1.54) is 6.33 Å². The van der Waals surface area contributed by atoms with Gasteiger partial charge in [0.2, 0.25) is 5.88 Å². The van der Waals surface area contributed by atoms with Gasteiger partial charge in [0.05, 0.1) is 31.7 Å². The zero-order chi connectivity index (χ0) is 23.0. The molecule has 1 aliphatic rings. The van der Waals surface area contributed by atoms with Crippen LogP contribution in [0.15, 0.2) is 48.8 Å². The lowest BCUT2D eigenvalue weighted by molar-refractivity contribution is -0.0292. The maximum absolute atomic E-state index is 5.98. The number of benzene rings is 2. The number of thiocarbonyl (C=S) groups is 1. The Kier molecular flexibility index (Phi) is 7.74. The molecule has 2 heterocycles. The third kappa shape index (κ3) is 5.80. The van der Waals surface area contributed by atoms with Gasteiger partial charge in [-0.2, -0.15) is 0 Å². The van der Waals surface area contributed by atoms with Crippen molar-refractivity contribution in [2.24, 2.45) is 0 Å². The van der Waals surface area contributed by atoms with Crippen molar-refractivity contribution in [3.63, 3.8) is 0 Å². The van der Waals surface area contributed by atoms with E-state index in [9.17, 15) is 0 Å². The van der Waals surface area contributed by atoms with Crippen molar-refractivity contribution in [2.45, 2.75) is 12.5 Å². The molecule has 1 aliphatic heterocycles. The second-order valence-corrected chi connectivity index (χ2v) is 7.99. The molecule has 3 aromatic rings. The van der Waals surface area contributed by atoms with Crippen molar-refractivity contribution >= 4 is 28.2 Å². The summed E-state index contributed by atoms with van der Waals surface area (Å²) < 4.78 is 22.7. The van der Waals surface area contributed by atoms with Crippen LogP contribution in [-0.2, 0) is 11.2 Å². The van der Waals surface area contributed by atoms with E-state index in [4.69, 9.17) is 31.2 Å². The molecule has 174 valence electrons. The van der Waals surface area contributed by atoms with Gasteiger partial charge < -0.3 is 29.2 Å². The number of nitrogens with zero attached hydrogens (tertiary/aromatic N) is 3. The zero-order valence-corrected chi connectivity index (χ0v) is 19.6. The summed E-state index contributed by atoms with van der Waals surface area (Å²) in [5.41, 5.74) is 1.92. The fourth-order valence-corrected chi connectivity index (χ4v) is 4.03. The van der Waals surface area contributed by atoms with Gasteiger partial charge in [-0.15, -0.1) is 0 Å². The van der Waals surface area contributed by atoms with Crippen LogP contribution in [0.4, 0.5) is 0 Å². The number of fused-ring (bicyclic) bond motifs is 1. The predicted octanol–water partition coefficient (Wildman–Crippen LogP) is 2.84. The SMILES string of the molecule is COc1ccc(OC)c(CCNC(=S)N2CCOC(COc3ncnc4ccccc34)C2)c1. The van der Waals surface area contributed by atoms with Gasteiger partial charge in [0.25, 0.3) is 0 Å². The Morgan fingerprint density at radius 3 is 2.91 bits per heavy atom. The van der Waals surface area contributed by atoms with Gasteiger partial charge in [0.1, 0.15) is 30.5 Å². The highest BCUT2D eigenvalue weighted by Crippen LogP contribution is 2.24. The van der Waals surface area contributed by atoms with Gasteiger partial charge >= 0.3 is 0 Å². The van der Waals surface area contributed by atoms with E-state index in [2.05, 4.69) is 20.2 Å². The minimum Gasteiger partial charge on any atom is -0.497 e. The molecule has 2 aromatic carbocycles. The van der Waals surface area contributed by atoms with Crippen LogP contribution in [0.5, 0.6) is 17.4 Å². The first-order chi connectivity index (χ1) is 16.2. The van der Waals surface area contributed by atoms with Gasteiger partial charge in [-0.3, -0.25) is 0 Å². The first-order valence-corrected chi connectivity index (χ1v) is 11.3. The number of nitrogens with one attached hydrogen (secondary N) is 1. The molecule has 1 atom stereocenters. The lowest BCUT2D eigenvalue weighted by atomic mass is 10.1. The maximum Gasteiger partial charge on any atom is 0.224 e. The minimum atomic E-state index is -0.106. The van der Waals surface area contributed by atoms with Crippen LogP contribution in [0.2, 0.25) is 0 Å². The van der Waals surface area contributed by atoms with Crippen LogP contribution in [0, 0.1) is 0 Å². The molecule has 4 rings (SSSR count). The highest BCUT2D eigenvalue weighted by molar-refractivity contribution is 7.80. The molecule has 1 aromatic heterocycles. The minimum absolute atomic E-state index is 0.106. The fraction of sp³-hybridized carbons (Fsp3) is 0.375. The molecule has 1 N–H and O–H groups in total. The van der Waals surface area contributed by atoms with E-state index in [1.807, 2.05) is 42.5 Å². The Bertz CT molecular complexity index is 1090. The number of ether oxygens (including phenoxy) is 4. The largest absolute Gasteiger partial charge is 0.497 e. The molecular weight excluding hydrogens is 440 g/mol. The highest BCUT2D eigenvalue weighted by Gasteiger charge is 2.23. The summed E-state index contributed by atoms with van der Waals surface area (Å²) in [6.45, 7) is 3.05. The molecule has 9 heteroatoms. The molecule has 0 bridgehead atoms. The van der Waals surface area contributed by atoms with Crippen molar-refractivity contribution in [3.05, 3.63) is 54.4 Å². The molecule has 0 aliphatic carbocycles. The summed E-state index contributed by atoms with van der Waals surface area (Å²) in [6.07, 6.45) is 2.17. The quantitative estimate of drug-likeness (QED) is 0.502. The van der Waals surface area contributed by atoms with Crippen molar-refractivity contribution in [2.75, 3.05) is 47.1 Å².